The van der Waals surface area contributed by atoms with Gasteiger partial charge in [0.05, 0.1) is 6.54 Å². The summed E-state index contributed by atoms with van der Waals surface area (Å²) >= 11 is 0. The minimum absolute atomic E-state index is 0.00345. The minimum Gasteiger partial charge on any atom is -0.369 e. The average Bonchev–Trinajstić information content (AvgIpc) is 2.38. The van der Waals surface area contributed by atoms with Crippen LogP contribution in [-0.4, -0.2) is 29.8 Å². The maximum Gasteiger partial charge on any atom is 0.255 e. The molecule has 2 amide bonds. The van der Waals surface area contributed by atoms with Crippen molar-refractivity contribution in [2.75, 3.05) is 13.1 Å². The van der Waals surface area contributed by atoms with Gasteiger partial charge in [-0.3, -0.25) is 19.9 Å². The molecule has 1 rings (SSSR count). The zero-order valence-corrected chi connectivity index (χ0v) is 10.3. The fourth-order valence-corrected chi connectivity index (χ4v) is 1.83. The van der Waals surface area contributed by atoms with Crippen LogP contribution >= 0.6 is 0 Å². The van der Waals surface area contributed by atoms with Crippen molar-refractivity contribution in [1.82, 2.24) is 10.3 Å². The lowest BCUT2D eigenvalue weighted by atomic mass is 10.0. The van der Waals surface area contributed by atoms with E-state index in [9.17, 15) is 9.59 Å². The van der Waals surface area contributed by atoms with Gasteiger partial charge in [0.15, 0.2) is 0 Å². The molecule has 18 heavy (non-hydrogen) atoms. The van der Waals surface area contributed by atoms with Gasteiger partial charge in [-0.1, -0.05) is 37.3 Å². The van der Waals surface area contributed by atoms with Gasteiger partial charge in [0, 0.05) is 0 Å². The van der Waals surface area contributed by atoms with E-state index in [0.29, 0.717) is 6.54 Å². The molecule has 0 aliphatic heterocycles. The molecule has 1 aromatic rings. The zero-order chi connectivity index (χ0) is 13.5. The van der Waals surface area contributed by atoms with Crippen molar-refractivity contribution in [2.45, 2.75) is 13.0 Å². The molecular formula is C12H18N4O2. The number of nitrogens with zero attached hydrogens (tertiary/aromatic N) is 1. The van der Waals surface area contributed by atoms with E-state index in [1.807, 2.05) is 37.3 Å². The molecule has 1 unspecified atom stereocenters. The number of carbonyl (C=O) groups excluding carboxylic acids is 2. The maximum absolute atomic E-state index is 11.9. The number of likely N-dealkylation sites (N-methyl/N-ethyl adjacent to an activating group) is 1. The third kappa shape index (κ3) is 3.54. The molecule has 1 aromatic carbocycles. The average molecular weight is 250 g/mol. The number of primary amides is 1. The maximum atomic E-state index is 11.9. The normalized spacial score (nSPS) is 12.2. The molecule has 98 valence electrons. The Hall–Kier alpha value is -1.92. The highest BCUT2D eigenvalue weighted by Gasteiger charge is 2.26. The van der Waals surface area contributed by atoms with E-state index in [1.165, 1.54) is 0 Å². The molecule has 0 heterocycles. The van der Waals surface area contributed by atoms with Gasteiger partial charge in [0.1, 0.15) is 6.04 Å². The summed E-state index contributed by atoms with van der Waals surface area (Å²) in [6.45, 7) is 2.36. The lowest BCUT2D eigenvalue weighted by Crippen LogP contribution is -2.46. The number of hydrogen-bond donors (Lipinski definition) is 3. The molecule has 0 saturated heterocycles. The molecule has 0 spiro atoms. The van der Waals surface area contributed by atoms with Crippen LogP contribution in [0, 0.1) is 0 Å². The Morgan fingerprint density at radius 3 is 2.39 bits per heavy atom. The van der Waals surface area contributed by atoms with Crippen LogP contribution in [-0.2, 0) is 9.59 Å². The second-order valence-electron chi connectivity index (χ2n) is 3.85. The molecule has 0 aromatic heterocycles. The monoisotopic (exact) mass is 250 g/mol. The predicted octanol–water partition coefficient (Wildman–Crippen LogP) is -0.475. The van der Waals surface area contributed by atoms with E-state index in [1.54, 1.807) is 4.90 Å². The Balaban J connectivity index is 3.04. The number of hydrogen-bond acceptors (Lipinski definition) is 4. The minimum atomic E-state index is -0.617. The van der Waals surface area contributed by atoms with Crippen LogP contribution in [0.15, 0.2) is 30.3 Å². The van der Waals surface area contributed by atoms with Crippen molar-refractivity contribution in [3.05, 3.63) is 35.9 Å². The lowest BCUT2D eigenvalue weighted by molar-refractivity contribution is -0.128. The second-order valence-corrected chi connectivity index (χ2v) is 3.85. The van der Waals surface area contributed by atoms with E-state index in [4.69, 9.17) is 11.6 Å². The van der Waals surface area contributed by atoms with Crippen LogP contribution in [0.2, 0.25) is 0 Å². The van der Waals surface area contributed by atoms with Crippen LogP contribution in [0.4, 0.5) is 0 Å². The third-order valence-electron chi connectivity index (χ3n) is 2.64. The Labute approximate surface area is 106 Å². The molecule has 6 heteroatoms. The van der Waals surface area contributed by atoms with Crippen LogP contribution in [0.25, 0.3) is 0 Å². The first kappa shape index (κ1) is 14.1. The molecule has 0 bridgehead atoms. The van der Waals surface area contributed by atoms with Crippen LogP contribution in [0.3, 0.4) is 0 Å². The first-order chi connectivity index (χ1) is 8.60. The van der Waals surface area contributed by atoms with Crippen molar-refractivity contribution >= 4 is 11.8 Å². The van der Waals surface area contributed by atoms with Crippen molar-refractivity contribution in [3.8, 4) is 0 Å². The van der Waals surface area contributed by atoms with Crippen molar-refractivity contribution in [3.63, 3.8) is 0 Å². The van der Waals surface area contributed by atoms with Gasteiger partial charge in [0.25, 0.3) is 5.91 Å². The standard InChI is InChI=1S/C12H18N4O2/c1-2-16(8-10(13)17)11(12(18)15-14)9-6-4-3-5-7-9/h3-7,11H,2,8,14H2,1H3,(H2,13,17)(H,15,18). The first-order valence-corrected chi connectivity index (χ1v) is 5.67. The van der Waals surface area contributed by atoms with Gasteiger partial charge in [-0.15, -0.1) is 0 Å². The molecule has 0 radical (unpaired) electrons. The highest BCUT2D eigenvalue weighted by Crippen LogP contribution is 2.20. The van der Waals surface area contributed by atoms with Gasteiger partial charge < -0.3 is 5.73 Å². The summed E-state index contributed by atoms with van der Waals surface area (Å²) in [5.41, 5.74) is 8.07. The Morgan fingerprint density at radius 2 is 1.94 bits per heavy atom. The third-order valence-corrected chi connectivity index (χ3v) is 2.64. The topological polar surface area (TPSA) is 101 Å². The summed E-state index contributed by atoms with van der Waals surface area (Å²) < 4.78 is 0. The summed E-state index contributed by atoms with van der Waals surface area (Å²) in [7, 11) is 0. The van der Waals surface area contributed by atoms with Gasteiger partial charge in [0.2, 0.25) is 5.91 Å². The second kappa shape index (κ2) is 6.73. The summed E-state index contributed by atoms with van der Waals surface area (Å²) in [5.74, 6) is 4.34. The number of carbonyl (C=O) groups is 2. The molecular weight excluding hydrogens is 232 g/mol. The number of amides is 2. The summed E-state index contributed by atoms with van der Waals surface area (Å²) in [6.07, 6.45) is 0. The number of rotatable bonds is 6. The largest absolute Gasteiger partial charge is 0.369 e. The fourth-order valence-electron chi connectivity index (χ4n) is 1.83. The van der Waals surface area contributed by atoms with Crippen LogP contribution < -0.4 is 17.0 Å². The van der Waals surface area contributed by atoms with Crippen molar-refractivity contribution in [2.24, 2.45) is 11.6 Å². The molecule has 1 atom stereocenters. The Bertz CT molecular complexity index is 408. The van der Waals surface area contributed by atoms with Crippen LogP contribution in [0.1, 0.15) is 18.5 Å². The van der Waals surface area contributed by atoms with E-state index in [0.717, 1.165) is 5.56 Å². The first-order valence-electron chi connectivity index (χ1n) is 5.67. The van der Waals surface area contributed by atoms with Gasteiger partial charge in [-0.2, -0.15) is 0 Å². The highest BCUT2D eigenvalue weighted by molar-refractivity contribution is 5.84. The number of hydrazine groups is 1. The zero-order valence-electron chi connectivity index (χ0n) is 10.3. The quantitative estimate of drug-likeness (QED) is 0.361. The van der Waals surface area contributed by atoms with Gasteiger partial charge in [-0.25, -0.2) is 5.84 Å². The number of benzene rings is 1. The summed E-state index contributed by atoms with van der Waals surface area (Å²) in [4.78, 5) is 24.6. The Morgan fingerprint density at radius 1 is 1.33 bits per heavy atom. The lowest BCUT2D eigenvalue weighted by Gasteiger charge is -2.28. The summed E-state index contributed by atoms with van der Waals surface area (Å²) in [5, 5.41) is 0. The predicted molar refractivity (Wildman–Crippen MR) is 68.0 cm³/mol. The molecule has 5 N–H and O–H groups in total. The SMILES string of the molecule is CCN(CC(N)=O)C(C(=O)NN)c1ccccc1. The molecule has 6 nitrogen and oxygen atoms in total. The van der Waals surface area contributed by atoms with E-state index >= 15 is 0 Å². The van der Waals surface area contributed by atoms with Gasteiger partial charge in [-0.05, 0) is 12.1 Å². The molecule has 0 aliphatic rings. The van der Waals surface area contributed by atoms with Gasteiger partial charge >= 0.3 is 0 Å². The molecule has 0 aliphatic carbocycles. The number of nitrogens with two attached hydrogens (primary N) is 2. The smallest absolute Gasteiger partial charge is 0.255 e. The highest BCUT2D eigenvalue weighted by atomic mass is 16.2. The van der Waals surface area contributed by atoms with E-state index in [-0.39, 0.29) is 12.5 Å². The molecule has 0 fully saturated rings. The fraction of sp³-hybridized carbons (Fsp3) is 0.333. The Kier molecular flexibility index (Phi) is 5.29. The van der Waals surface area contributed by atoms with Crippen molar-refractivity contribution in [1.29, 1.82) is 0 Å². The van der Waals surface area contributed by atoms with E-state index < -0.39 is 11.9 Å². The summed E-state index contributed by atoms with van der Waals surface area (Å²) in [6, 6.07) is 8.50. The van der Waals surface area contributed by atoms with Crippen LogP contribution in [0.5, 0.6) is 0 Å². The van der Waals surface area contributed by atoms with Crippen molar-refractivity contribution < 1.29 is 9.59 Å². The van der Waals surface area contributed by atoms with E-state index in [2.05, 4.69) is 5.43 Å². The number of nitrogens with one attached hydrogen (secondary N) is 1. The molecule has 0 saturated carbocycles.